The highest BCUT2D eigenvalue weighted by Gasteiger charge is 2.27. The van der Waals surface area contributed by atoms with Gasteiger partial charge in [0, 0.05) is 5.56 Å². The molecule has 0 saturated carbocycles. The third-order valence-electron chi connectivity index (χ3n) is 4.36. The Bertz CT molecular complexity index is 461. The van der Waals surface area contributed by atoms with Gasteiger partial charge in [-0.1, -0.05) is 57.9 Å². The molecule has 2 atom stereocenters. The van der Waals surface area contributed by atoms with Gasteiger partial charge in [-0.25, -0.2) is 0 Å². The van der Waals surface area contributed by atoms with Gasteiger partial charge in [0.1, 0.15) is 0 Å². The zero-order chi connectivity index (χ0) is 16.5. The maximum atomic E-state index is 9.64. The third kappa shape index (κ3) is 5.70. The van der Waals surface area contributed by atoms with E-state index in [1.54, 1.807) is 19.2 Å². The number of ether oxygens (including phenoxy) is 3. The molecule has 1 aromatic rings. The summed E-state index contributed by atoms with van der Waals surface area (Å²) in [4.78, 5) is 0. The smallest absolute Gasteiger partial charge is 0.184 e. The predicted molar refractivity (Wildman–Crippen MR) is 90.8 cm³/mol. The van der Waals surface area contributed by atoms with Gasteiger partial charge in [-0.2, -0.15) is 0 Å². The van der Waals surface area contributed by atoms with E-state index in [1.165, 1.54) is 44.9 Å². The second-order valence-corrected chi connectivity index (χ2v) is 6.26. The number of phenols is 1. The quantitative estimate of drug-likeness (QED) is 0.619. The van der Waals surface area contributed by atoms with E-state index in [9.17, 15) is 5.11 Å². The van der Waals surface area contributed by atoms with Crippen LogP contribution < -0.4 is 4.74 Å². The Morgan fingerprint density at radius 3 is 2.61 bits per heavy atom. The molecule has 1 aliphatic heterocycles. The van der Waals surface area contributed by atoms with Gasteiger partial charge in [0.25, 0.3) is 0 Å². The van der Waals surface area contributed by atoms with Crippen LogP contribution in [0.25, 0.3) is 0 Å². The molecule has 2 unspecified atom stereocenters. The van der Waals surface area contributed by atoms with Crippen LogP contribution in [0.15, 0.2) is 18.2 Å². The van der Waals surface area contributed by atoms with Crippen molar-refractivity contribution in [3.05, 3.63) is 23.8 Å². The summed E-state index contributed by atoms with van der Waals surface area (Å²) in [5.74, 6) is 0.582. The second-order valence-electron chi connectivity index (χ2n) is 6.26. The summed E-state index contributed by atoms with van der Waals surface area (Å²) in [6, 6.07) is 5.21. The Morgan fingerprint density at radius 2 is 1.87 bits per heavy atom. The Labute approximate surface area is 139 Å². The van der Waals surface area contributed by atoms with Gasteiger partial charge in [0.05, 0.1) is 19.8 Å². The minimum atomic E-state index is -0.348. The lowest BCUT2D eigenvalue weighted by molar-refractivity contribution is -0.0615. The fourth-order valence-electron chi connectivity index (χ4n) is 2.94. The number of aromatic hydroxyl groups is 1. The minimum absolute atomic E-state index is 0.133. The summed E-state index contributed by atoms with van der Waals surface area (Å²) < 4.78 is 16.8. The maximum absolute atomic E-state index is 9.64. The molecule has 0 aliphatic carbocycles. The first kappa shape index (κ1) is 18.1. The summed E-state index contributed by atoms with van der Waals surface area (Å²) in [6.07, 6.45) is 10.1. The highest BCUT2D eigenvalue weighted by molar-refractivity contribution is 5.42. The van der Waals surface area contributed by atoms with Crippen LogP contribution in [0.1, 0.15) is 70.1 Å². The van der Waals surface area contributed by atoms with Gasteiger partial charge in [0.2, 0.25) is 0 Å². The van der Waals surface area contributed by atoms with Crippen molar-refractivity contribution in [3.63, 3.8) is 0 Å². The third-order valence-corrected chi connectivity index (χ3v) is 4.36. The van der Waals surface area contributed by atoms with Crippen molar-refractivity contribution in [1.29, 1.82) is 0 Å². The topological polar surface area (TPSA) is 47.9 Å². The minimum Gasteiger partial charge on any atom is -0.504 e. The molecule has 4 heteroatoms. The summed E-state index contributed by atoms with van der Waals surface area (Å²) in [6.45, 7) is 2.89. The average molecular weight is 322 g/mol. The van der Waals surface area contributed by atoms with Crippen LogP contribution in [0.2, 0.25) is 0 Å². The molecule has 1 saturated heterocycles. The molecule has 1 N–H and O–H groups in total. The normalized spacial score (nSPS) is 20.8. The summed E-state index contributed by atoms with van der Waals surface area (Å²) in [7, 11) is 1.54. The molecule has 1 fully saturated rings. The summed E-state index contributed by atoms with van der Waals surface area (Å²) >= 11 is 0. The number of hydrogen-bond acceptors (Lipinski definition) is 4. The molecule has 0 radical (unpaired) electrons. The summed E-state index contributed by atoms with van der Waals surface area (Å²) in [5, 5.41) is 9.64. The zero-order valence-corrected chi connectivity index (χ0v) is 14.4. The lowest BCUT2D eigenvalue weighted by atomic mass is 10.1. The molecule has 0 bridgehead atoms. The molecule has 0 amide bonds. The summed E-state index contributed by atoms with van der Waals surface area (Å²) in [5.41, 5.74) is 0.890. The molecular formula is C19H30O4. The van der Waals surface area contributed by atoms with E-state index in [4.69, 9.17) is 14.2 Å². The van der Waals surface area contributed by atoms with Crippen molar-refractivity contribution >= 4 is 0 Å². The number of rotatable bonds is 10. The monoisotopic (exact) mass is 322 g/mol. The van der Waals surface area contributed by atoms with E-state index >= 15 is 0 Å². The van der Waals surface area contributed by atoms with Crippen LogP contribution in [0.4, 0.5) is 0 Å². The molecule has 1 aliphatic rings. The molecule has 1 aromatic carbocycles. The SMILES string of the molecule is CCCCCCCCCC1COC(c2ccc(O)c(OC)c2)O1. The average Bonchev–Trinajstić information content (AvgIpc) is 3.03. The van der Waals surface area contributed by atoms with Crippen molar-refractivity contribution in [2.24, 2.45) is 0 Å². The van der Waals surface area contributed by atoms with E-state index in [0.717, 1.165) is 12.0 Å². The van der Waals surface area contributed by atoms with Crippen LogP contribution in [-0.4, -0.2) is 24.9 Å². The first-order chi connectivity index (χ1) is 11.2. The van der Waals surface area contributed by atoms with Gasteiger partial charge < -0.3 is 19.3 Å². The number of phenolic OH excluding ortho intramolecular Hbond substituents is 1. The van der Waals surface area contributed by atoms with Gasteiger partial charge in [-0.15, -0.1) is 0 Å². The van der Waals surface area contributed by atoms with Crippen LogP contribution >= 0.6 is 0 Å². The molecule has 1 heterocycles. The van der Waals surface area contributed by atoms with Crippen LogP contribution in [0.5, 0.6) is 11.5 Å². The molecule has 130 valence electrons. The molecule has 2 rings (SSSR count). The van der Waals surface area contributed by atoms with E-state index in [0.29, 0.717) is 12.4 Å². The van der Waals surface area contributed by atoms with E-state index < -0.39 is 0 Å². The predicted octanol–water partition coefficient (Wildman–Crippen LogP) is 4.96. The van der Waals surface area contributed by atoms with Crippen molar-refractivity contribution in [3.8, 4) is 11.5 Å². The fraction of sp³-hybridized carbons (Fsp3) is 0.684. The number of benzene rings is 1. The van der Waals surface area contributed by atoms with Crippen molar-refractivity contribution < 1.29 is 19.3 Å². The van der Waals surface area contributed by atoms with Crippen LogP contribution in [-0.2, 0) is 9.47 Å². The van der Waals surface area contributed by atoms with Crippen molar-refractivity contribution in [1.82, 2.24) is 0 Å². The van der Waals surface area contributed by atoms with Gasteiger partial charge in [0.15, 0.2) is 17.8 Å². The van der Waals surface area contributed by atoms with Crippen molar-refractivity contribution in [2.75, 3.05) is 13.7 Å². The highest BCUT2D eigenvalue weighted by Crippen LogP contribution is 2.34. The Morgan fingerprint density at radius 1 is 1.13 bits per heavy atom. The van der Waals surface area contributed by atoms with Gasteiger partial charge in [-0.05, 0) is 18.6 Å². The lowest BCUT2D eigenvalue weighted by Gasteiger charge is -2.13. The Balaban J connectivity index is 1.68. The van der Waals surface area contributed by atoms with Gasteiger partial charge in [-0.3, -0.25) is 0 Å². The molecule has 0 spiro atoms. The highest BCUT2D eigenvalue weighted by atomic mass is 16.7. The van der Waals surface area contributed by atoms with Gasteiger partial charge >= 0.3 is 0 Å². The van der Waals surface area contributed by atoms with Crippen LogP contribution in [0, 0.1) is 0 Å². The van der Waals surface area contributed by atoms with E-state index in [1.807, 2.05) is 6.07 Å². The van der Waals surface area contributed by atoms with Crippen LogP contribution in [0.3, 0.4) is 0 Å². The maximum Gasteiger partial charge on any atom is 0.184 e. The second kappa shape index (κ2) is 9.78. The molecule has 0 aromatic heterocycles. The van der Waals surface area contributed by atoms with E-state index in [2.05, 4.69) is 6.92 Å². The number of hydrogen-bond donors (Lipinski definition) is 1. The molecule has 4 nitrogen and oxygen atoms in total. The Kier molecular flexibility index (Phi) is 7.69. The lowest BCUT2D eigenvalue weighted by Crippen LogP contribution is -2.09. The van der Waals surface area contributed by atoms with E-state index in [-0.39, 0.29) is 18.1 Å². The Hall–Kier alpha value is -1.26. The molecule has 23 heavy (non-hydrogen) atoms. The number of methoxy groups -OCH3 is 1. The first-order valence-corrected chi connectivity index (χ1v) is 8.88. The number of unbranched alkanes of at least 4 members (excludes halogenated alkanes) is 6. The van der Waals surface area contributed by atoms with Crippen molar-refractivity contribution in [2.45, 2.75) is 70.7 Å². The zero-order valence-electron chi connectivity index (χ0n) is 14.4. The molecular weight excluding hydrogens is 292 g/mol. The largest absolute Gasteiger partial charge is 0.504 e. The first-order valence-electron chi connectivity index (χ1n) is 8.88. The standard InChI is InChI=1S/C19H30O4/c1-3-4-5-6-7-8-9-10-16-14-22-19(23-16)15-11-12-17(20)18(13-15)21-2/h11-13,16,19-20H,3-10,14H2,1-2H3. The fourth-order valence-corrected chi connectivity index (χ4v) is 2.94.